The third kappa shape index (κ3) is 10.1. The van der Waals surface area contributed by atoms with Crippen molar-refractivity contribution in [3.05, 3.63) is 53.2 Å². The van der Waals surface area contributed by atoms with Crippen molar-refractivity contribution < 1.29 is 60.0 Å². The number of carbonyl (C=O) groups is 2. The summed E-state index contributed by atoms with van der Waals surface area (Å²) in [6.07, 6.45) is -4.05. The van der Waals surface area contributed by atoms with Crippen LogP contribution in [0, 0.1) is 13.8 Å². The molecule has 0 unspecified atom stereocenters. The molecule has 2 N–H and O–H groups in total. The Kier molecular flexibility index (Phi) is 11.3. The molecule has 1 saturated carbocycles. The molecule has 218 valence electrons. The number of carboxylic acid groups (broad SMARTS) is 2. The Morgan fingerprint density at radius 3 is 2.21 bits per heavy atom. The van der Waals surface area contributed by atoms with Gasteiger partial charge in [0.05, 0.1) is 32.0 Å². The summed E-state index contributed by atoms with van der Waals surface area (Å²) in [6, 6.07) is 6.57. The molecule has 1 aliphatic heterocycles. The van der Waals surface area contributed by atoms with E-state index in [-0.39, 0.29) is 12.2 Å². The number of furan rings is 1. The number of aryl methyl sites for hydroxylation is 2. The van der Waals surface area contributed by atoms with Crippen molar-refractivity contribution in [1.29, 1.82) is 0 Å². The molecule has 2 aliphatic rings. The molecule has 3 atom stereocenters. The maximum atomic E-state index is 10.6. The van der Waals surface area contributed by atoms with Crippen molar-refractivity contribution in [3.8, 4) is 0 Å². The first-order valence-corrected chi connectivity index (χ1v) is 11.6. The summed E-state index contributed by atoms with van der Waals surface area (Å²) in [7, 11) is 0. The molecule has 2 aromatic heterocycles. The smallest absolute Gasteiger partial charge is 0.475 e. The predicted octanol–water partition coefficient (Wildman–Crippen LogP) is 4.51. The number of hydrogen-bond acceptors (Lipinski definition) is 7. The molecule has 9 nitrogen and oxygen atoms in total. The van der Waals surface area contributed by atoms with Crippen molar-refractivity contribution in [2.75, 3.05) is 13.2 Å². The van der Waals surface area contributed by atoms with Crippen LogP contribution in [0.2, 0.25) is 0 Å². The number of morpholine rings is 1. The normalized spacial score (nSPS) is 21.2. The number of carboxylic acids is 2. The third-order valence-electron chi connectivity index (χ3n) is 5.90. The second-order valence-corrected chi connectivity index (χ2v) is 8.72. The fourth-order valence-corrected chi connectivity index (χ4v) is 3.98. The highest BCUT2D eigenvalue weighted by Crippen LogP contribution is 2.33. The van der Waals surface area contributed by atoms with Gasteiger partial charge in [-0.3, -0.25) is 9.88 Å². The third-order valence-corrected chi connectivity index (χ3v) is 5.90. The van der Waals surface area contributed by atoms with Crippen molar-refractivity contribution in [1.82, 2.24) is 9.88 Å². The van der Waals surface area contributed by atoms with E-state index in [1.54, 1.807) is 6.20 Å². The second kappa shape index (κ2) is 13.8. The zero-order valence-electron chi connectivity index (χ0n) is 21.0. The van der Waals surface area contributed by atoms with Gasteiger partial charge in [0.25, 0.3) is 0 Å². The van der Waals surface area contributed by atoms with Gasteiger partial charge in [-0.1, -0.05) is 6.07 Å². The van der Waals surface area contributed by atoms with Crippen LogP contribution in [-0.2, 0) is 32.2 Å². The van der Waals surface area contributed by atoms with E-state index in [2.05, 4.69) is 28.9 Å². The Morgan fingerprint density at radius 2 is 1.72 bits per heavy atom. The molecule has 3 heterocycles. The summed E-state index contributed by atoms with van der Waals surface area (Å²) in [5, 5.41) is 14.2. The summed E-state index contributed by atoms with van der Waals surface area (Å²) in [5.74, 6) is -3.45. The van der Waals surface area contributed by atoms with E-state index in [4.69, 9.17) is 33.7 Å². The van der Waals surface area contributed by atoms with E-state index in [9.17, 15) is 26.3 Å². The molecule has 2 fully saturated rings. The molecule has 2 aromatic rings. The fraction of sp³-hybridized carbons (Fsp3) is 0.542. The average Bonchev–Trinajstić information content (AvgIpc) is 3.40. The maximum Gasteiger partial charge on any atom is 0.490 e. The minimum absolute atomic E-state index is 0.155. The largest absolute Gasteiger partial charge is 0.490 e. The molecule has 1 saturated heterocycles. The number of halogens is 6. The van der Waals surface area contributed by atoms with Crippen LogP contribution in [0.3, 0.4) is 0 Å². The Bertz CT molecular complexity index is 1030. The summed E-state index contributed by atoms with van der Waals surface area (Å²) in [4.78, 5) is 24.4. The van der Waals surface area contributed by atoms with Crippen molar-refractivity contribution >= 4 is 11.9 Å². The number of rotatable bonds is 5. The lowest BCUT2D eigenvalue weighted by atomic mass is 10.1. The van der Waals surface area contributed by atoms with Gasteiger partial charge < -0.3 is 24.1 Å². The molecule has 0 bridgehead atoms. The fourth-order valence-electron chi connectivity index (χ4n) is 3.98. The molecule has 15 heteroatoms. The van der Waals surface area contributed by atoms with Gasteiger partial charge >= 0.3 is 24.3 Å². The van der Waals surface area contributed by atoms with Crippen LogP contribution in [0.1, 0.15) is 35.5 Å². The zero-order chi connectivity index (χ0) is 29.4. The predicted molar refractivity (Wildman–Crippen MR) is 122 cm³/mol. The van der Waals surface area contributed by atoms with Crippen molar-refractivity contribution in [2.24, 2.45) is 0 Å². The van der Waals surface area contributed by atoms with E-state index >= 15 is 0 Å². The van der Waals surface area contributed by atoms with Crippen LogP contribution < -0.4 is 0 Å². The average molecular weight is 570 g/mol. The lowest BCUT2D eigenvalue weighted by Gasteiger charge is -2.38. The highest BCUT2D eigenvalue weighted by Gasteiger charge is 2.43. The minimum atomic E-state index is -5.08. The minimum Gasteiger partial charge on any atom is -0.475 e. The van der Waals surface area contributed by atoms with Crippen molar-refractivity contribution in [3.63, 3.8) is 0 Å². The van der Waals surface area contributed by atoms with Crippen LogP contribution in [0.25, 0.3) is 0 Å². The second-order valence-electron chi connectivity index (χ2n) is 8.72. The van der Waals surface area contributed by atoms with Gasteiger partial charge in [0.2, 0.25) is 0 Å². The quantitative estimate of drug-likeness (QED) is 0.500. The number of hydrogen-bond donors (Lipinski definition) is 2. The lowest BCUT2D eigenvalue weighted by Crippen LogP contribution is -2.51. The highest BCUT2D eigenvalue weighted by atomic mass is 19.4. The van der Waals surface area contributed by atoms with Gasteiger partial charge in [-0.05, 0) is 49.9 Å². The van der Waals surface area contributed by atoms with Gasteiger partial charge in [0, 0.05) is 25.0 Å². The van der Waals surface area contributed by atoms with E-state index in [1.807, 2.05) is 19.2 Å². The Balaban J connectivity index is 0.000000317. The van der Waals surface area contributed by atoms with Crippen LogP contribution in [0.4, 0.5) is 26.3 Å². The van der Waals surface area contributed by atoms with Crippen molar-refractivity contribution in [2.45, 2.75) is 70.4 Å². The maximum absolute atomic E-state index is 10.6. The molecule has 1 aliphatic carbocycles. The van der Waals surface area contributed by atoms with E-state index in [0.29, 0.717) is 12.6 Å². The van der Waals surface area contributed by atoms with Gasteiger partial charge in [0.15, 0.2) is 0 Å². The number of aromatic nitrogens is 1. The summed E-state index contributed by atoms with van der Waals surface area (Å²) >= 11 is 0. The van der Waals surface area contributed by atoms with E-state index in [0.717, 1.165) is 49.6 Å². The molecular weight excluding hydrogens is 542 g/mol. The van der Waals surface area contributed by atoms with Crippen LogP contribution >= 0.6 is 0 Å². The summed E-state index contributed by atoms with van der Waals surface area (Å²) < 4.78 is 81.6. The highest BCUT2D eigenvalue weighted by molar-refractivity contribution is 5.73. The summed E-state index contributed by atoms with van der Waals surface area (Å²) in [6.45, 7) is 7.29. The standard InChI is InChI=1S/C20H26N2O3.2C2HF3O2/c1-14-10-17(25-15(14)2)12-22-8-9-23-20-18(22)5-6-19(20)24-13-16-4-3-7-21-11-16;2*3-2(4,5)1(6)7/h3-4,7,10-11,18-20H,5-6,8-9,12-13H2,1-2H3;2*(H,6,7)/t18-,19+,20+;;/m0../s1. The monoisotopic (exact) mass is 570 g/mol. The summed E-state index contributed by atoms with van der Waals surface area (Å²) in [5.41, 5.74) is 2.34. The molecule has 39 heavy (non-hydrogen) atoms. The first kappa shape index (κ1) is 32.0. The van der Waals surface area contributed by atoms with Crippen LogP contribution in [-0.4, -0.2) is 75.8 Å². The topological polar surface area (TPSA) is 122 Å². The molecular formula is C24H28F6N2O7. The zero-order valence-corrected chi connectivity index (χ0v) is 21.0. The SMILES string of the molecule is Cc1cc(CN2CCO[C@H]3[C@H](OCc4cccnc4)CC[C@@H]32)oc1C.O=C(O)C(F)(F)F.O=C(O)C(F)(F)F. The van der Waals surface area contributed by atoms with Gasteiger partial charge in [0.1, 0.15) is 11.5 Å². The van der Waals surface area contributed by atoms with Gasteiger partial charge in [-0.2, -0.15) is 26.3 Å². The number of nitrogens with zero attached hydrogens (tertiary/aromatic N) is 2. The Labute approximate surface area is 219 Å². The number of aliphatic carboxylic acids is 2. The Morgan fingerprint density at radius 1 is 1.10 bits per heavy atom. The number of alkyl halides is 6. The lowest BCUT2D eigenvalue weighted by molar-refractivity contribution is -0.193. The number of ether oxygens (including phenoxy) is 2. The Hall–Kier alpha value is -3.17. The first-order chi connectivity index (χ1) is 18.1. The number of fused-ring (bicyclic) bond motifs is 1. The van der Waals surface area contributed by atoms with Gasteiger partial charge in [-0.25, -0.2) is 9.59 Å². The molecule has 4 rings (SSSR count). The molecule has 0 spiro atoms. The van der Waals surface area contributed by atoms with E-state index in [1.165, 1.54) is 5.56 Å². The van der Waals surface area contributed by atoms with Crippen LogP contribution in [0.15, 0.2) is 35.0 Å². The van der Waals surface area contributed by atoms with E-state index < -0.39 is 24.3 Å². The van der Waals surface area contributed by atoms with Crippen LogP contribution in [0.5, 0.6) is 0 Å². The molecule has 0 amide bonds. The number of pyridine rings is 1. The first-order valence-electron chi connectivity index (χ1n) is 11.6. The van der Waals surface area contributed by atoms with Gasteiger partial charge in [-0.15, -0.1) is 0 Å². The molecule has 0 aromatic carbocycles. The molecule has 0 radical (unpaired) electrons.